The number of amidine groups is 1. The Morgan fingerprint density at radius 1 is 1.69 bits per heavy atom. The number of hydrogen-bond acceptors (Lipinski definition) is 4. The molecule has 0 atom stereocenters. The van der Waals surface area contributed by atoms with Gasteiger partial charge in [-0.1, -0.05) is 20.4 Å². The van der Waals surface area contributed by atoms with Crippen LogP contribution in [0.1, 0.15) is 13.8 Å². The summed E-state index contributed by atoms with van der Waals surface area (Å²) in [7, 11) is 0. The SMILES string of the molecule is C=C(C#N)/N=C(\C(F)=C/N)N(N)CC(C)C. The molecule has 0 saturated heterocycles. The van der Waals surface area contributed by atoms with Crippen LogP contribution in [-0.4, -0.2) is 17.4 Å². The molecule has 0 aliphatic rings. The molecule has 6 heteroatoms. The zero-order valence-electron chi connectivity index (χ0n) is 9.44. The van der Waals surface area contributed by atoms with Crippen molar-refractivity contribution >= 4 is 5.84 Å². The molecule has 0 fully saturated rings. The molecule has 5 nitrogen and oxygen atoms in total. The highest BCUT2D eigenvalue weighted by atomic mass is 19.1. The number of rotatable bonds is 4. The standard InChI is InChI=1S/C10H16FN5/c1-7(2)6-16(14)10(9(11)5-13)15-8(3)4-12/h5,7H,3,6,13-14H2,1-2H3/b9-5+,15-10+. The minimum Gasteiger partial charge on any atom is -0.402 e. The molecule has 0 aromatic heterocycles. The van der Waals surface area contributed by atoms with Gasteiger partial charge in [-0.3, -0.25) is 5.01 Å². The molecule has 0 aliphatic carbocycles. The zero-order chi connectivity index (χ0) is 12.7. The highest BCUT2D eigenvalue weighted by Gasteiger charge is 2.14. The quantitative estimate of drug-likeness (QED) is 0.246. The fraction of sp³-hybridized carbons (Fsp3) is 0.400. The van der Waals surface area contributed by atoms with Gasteiger partial charge in [0.15, 0.2) is 11.7 Å². The average molecular weight is 225 g/mol. The van der Waals surface area contributed by atoms with Crippen molar-refractivity contribution < 1.29 is 4.39 Å². The zero-order valence-corrected chi connectivity index (χ0v) is 9.44. The molecule has 0 aromatic carbocycles. The molecule has 0 heterocycles. The van der Waals surface area contributed by atoms with Crippen LogP contribution in [0.5, 0.6) is 0 Å². The van der Waals surface area contributed by atoms with Crippen LogP contribution < -0.4 is 11.6 Å². The molecule has 0 radical (unpaired) electrons. The van der Waals surface area contributed by atoms with Gasteiger partial charge in [0.1, 0.15) is 11.8 Å². The number of aliphatic imine (C=N–C) groups is 1. The van der Waals surface area contributed by atoms with Gasteiger partial charge in [-0.05, 0) is 5.92 Å². The summed E-state index contributed by atoms with van der Waals surface area (Å²) in [4.78, 5) is 3.66. The van der Waals surface area contributed by atoms with Crippen LogP contribution >= 0.6 is 0 Å². The van der Waals surface area contributed by atoms with Crippen LogP contribution in [0.15, 0.2) is 29.3 Å². The Morgan fingerprint density at radius 2 is 2.25 bits per heavy atom. The van der Waals surface area contributed by atoms with Crippen LogP contribution in [0.2, 0.25) is 0 Å². The minimum atomic E-state index is -0.792. The highest BCUT2D eigenvalue weighted by Crippen LogP contribution is 2.07. The van der Waals surface area contributed by atoms with Crippen LogP contribution in [0.4, 0.5) is 4.39 Å². The Bertz CT molecular complexity index is 351. The second-order valence-electron chi connectivity index (χ2n) is 3.55. The molecule has 4 N–H and O–H groups in total. The van der Waals surface area contributed by atoms with Gasteiger partial charge in [0, 0.05) is 12.7 Å². The summed E-state index contributed by atoms with van der Waals surface area (Å²) in [5.74, 6) is 4.85. The van der Waals surface area contributed by atoms with Gasteiger partial charge in [-0.2, -0.15) is 5.26 Å². The van der Waals surface area contributed by atoms with Crippen molar-refractivity contribution in [3.8, 4) is 6.07 Å². The lowest BCUT2D eigenvalue weighted by Crippen LogP contribution is -2.40. The summed E-state index contributed by atoms with van der Waals surface area (Å²) in [6, 6.07) is 1.68. The van der Waals surface area contributed by atoms with E-state index in [1.54, 1.807) is 6.07 Å². The first-order valence-electron chi connectivity index (χ1n) is 4.70. The highest BCUT2D eigenvalue weighted by molar-refractivity contribution is 5.96. The van der Waals surface area contributed by atoms with Crippen molar-refractivity contribution in [2.75, 3.05) is 6.54 Å². The average Bonchev–Trinajstić information content (AvgIpc) is 2.23. The smallest absolute Gasteiger partial charge is 0.182 e. The number of hydrogen-bond donors (Lipinski definition) is 2. The van der Waals surface area contributed by atoms with E-state index >= 15 is 0 Å². The van der Waals surface area contributed by atoms with Gasteiger partial charge in [-0.15, -0.1) is 0 Å². The molecular formula is C10H16FN5. The predicted molar refractivity (Wildman–Crippen MR) is 61.3 cm³/mol. The van der Waals surface area contributed by atoms with E-state index in [9.17, 15) is 4.39 Å². The molecule has 0 unspecified atom stereocenters. The van der Waals surface area contributed by atoms with Crippen molar-refractivity contribution in [2.45, 2.75) is 13.8 Å². The lowest BCUT2D eigenvalue weighted by atomic mass is 10.2. The molecule has 88 valence electrons. The molecule has 0 aromatic rings. The van der Waals surface area contributed by atoms with E-state index < -0.39 is 5.83 Å². The maximum atomic E-state index is 13.3. The third kappa shape index (κ3) is 4.57. The third-order valence-electron chi connectivity index (χ3n) is 1.56. The summed E-state index contributed by atoms with van der Waals surface area (Å²) in [5, 5.41) is 9.62. The third-order valence-corrected chi connectivity index (χ3v) is 1.56. The van der Waals surface area contributed by atoms with Gasteiger partial charge in [0.2, 0.25) is 0 Å². The van der Waals surface area contributed by atoms with Crippen LogP contribution in [0, 0.1) is 17.2 Å². The van der Waals surface area contributed by atoms with Crippen molar-refractivity contribution in [3.05, 3.63) is 24.3 Å². The normalized spacial score (nSPS) is 12.5. The largest absolute Gasteiger partial charge is 0.402 e. The summed E-state index contributed by atoms with van der Waals surface area (Å²) in [5.41, 5.74) is 4.91. The Hall–Kier alpha value is -1.87. The summed E-state index contributed by atoms with van der Waals surface area (Å²) in [6.45, 7) is 7.55. The maximum absolute atomic E-state index is 13.3. The number of nitrogens with zero attached hydrogens (tertiary/aromatic N) is 3. The molecule has 0 saturated carbocycles. The first-order chi connectivity index (χ1) is 7.42. The van der Waals surface area contributed by atoms with Crippen LogP contribution in [0.25, 0.3) is 0 Å². The number of halogens is 1. The van der Waals surface area contributed by atoms with Crippen molar-refractivity contribution in [1.82, 2.24) is 5.01 Å². The van der Waals surface area contributed by atoms with Gasteiger partial charge in [-0.25, -0.2) is 15.2 Å². The Morgan fingerprint density at radius 3 is 2.62 bits per heavy atom. The van der Waals surface area contributed by atoms with Gasteiger partial charge < -0.3 is 5.73 Å². The Labute approximate surface area is 94.5 Å². The molecule has 0 spiro atoms. The molecule has 0 aliphatic heterocycles. The first kappa shape index (κ1) is 14.1. The summed E-state index contributed by atoms with van der Waals surface area (Å²) in [6.07, 6.45) is 0.740. The molecule has 16 heavy (non-hydrogen) atoms. The minimum absolute atomic E-state index is 0.133. The van der Waals surface area contributed by atoms with Crippen LogP contribution in [-0.2, 0) is 0 Å². The van der Waals surface area contributed by atoms with Gasteiger partial charge in [0.25, 0.3) is 0 Å². The van der Waals surface area contributed by atoms with E-state index in [-0.39, 0.29) is 17.5 Å². The van der Waals surface area contributed by atoms with E-state index in [0.717, 1.165) is 11.2 Å². The number of nitrogens with two attached hydrogens (primary N) is 2. The van der Waals surface area contributed by atoms with Crippen LogP contribution in [0.3, 0.4) is 0 Å². The Kier molecular flexibility index (Phi) is 5.81. The number of allylic oxidation sites excluding steroid dienone is 1. The lowest BCUT2D eigenvalue weighted by molar-refractivity contribution is 0.372. The lowest BCUT2D eigenvalue weighted by Gasteiger charge is -2.21. The predicted octanol–water partition coefficient (Wildman–Crippen LogP) is 1.02. The molecule has 0 bridgehead atoms. The second kappa shape index (κ2) is 6.58. The van der Waals surface area contributed by atoms with E-state index in [0.29, 0.717) is 6.54 Å². The maximum Gasteiger partial charge on any atom is 0.182 e. The summed E-state index contributed by atoms with van der Waals surface area (Å²) >= 11 is 0. The van der Waals surface area contributed by atoms with E-state index in [1.807, 2.05) is 13.8 Å². The van der Waals surface area contributed by atoms with E-state index in [1.165, 1.54) is 0 Å². The second-order valence-corrected chi connectivity index (χ2v) is 3.55. The molecule has 0 amide bonds. The summed E-state index contributed by atoms with van der Waals surface area (Å²) < 4.78 is 13.3. The van der Waals surface area contributed by atoms with Crippen molar-refractivity contribution in [1.29, 1.82) is 5.26 Å². The topological polar surface area (TPSA) is 91.4 Å². The fourth-order valence-corrected chi connectivity index (χ4v) is 0.962. The van der Waals surface area contributed by atoms with Crippen molar-refractivity contribution in [2.24, 2.45) is 22.5 Å². The number of hydrazine groups is 1. The molecular weight excluding hydrogens is 209 g/mol. The van der Waals surface area contributed by atoms with Gasteiger partial charge >= 0.3 is 0 Å². The van der Waals surface area contributed by atoms with Crippen molar-refractivity contribution in [3.63, 3.8) is 0 Å². The Balaban J connectivity index is 5.04. The fourth-order valence-electron chi connectivity index (χ4n) is 0.962. The monoisotopic (exact) mass is 225 g/mol. The van der Waals surface area contributed by atoms with Gasteiger partial charge in [0.05, 0.1) is 0 Å². The van der Waals surface area contributed by atoms with E-state index in [2.05, 4.69) is 11.6 Å². The van der Waals surface area contributed by atoms with E-state index in [4.69, 9.17) is 16.8 Å². The number of nitriles is 1. The molecule has 0 rings (SSSR count). The first-order valence-corrected chi connectivity index (χ1v) is 4.70.